The normalized spacial score (nSPS) is 14.6. The molecule has 0 aromatic heterocycles. The Bertz CT molecular complexity index is 1140. The van der Waals surface area contributed by atoms with E-state index in [4.69, 9.17) is 19.1 Å². The number of esters is 2. The molecule has 0 fully saturated rings. The van der Waals surface area contributed by atoms with Crippen LogP contribution in [0.2, 0.25) is 0 Å². The molecule has 0 amide bonds. The number of aliphatic hydroxyl groups is 2. The quantitative estimate of drug-likeness (QED) is 0.0138. The third kappa shape index (κ3) is 39.4. The fourth-order valence-electron chi connectivity index (χ4n) is 5.19. The second kappa shape index (κ2) is 39.6. The molecular weight excluding hydrogens is 719 g/mol. The summed E-state index contributed by atoms with van der Waals surface area (Å²) in [7, 11) is -4.65. The standard InChI is InChI=1S/C44H75O10P/c1-3-5-7-9-11-13-15-17-19-20-22-24-26-28-30-32-34-36-44(48)54-42(40-53-55(49,50)52-38-41(46)37-45)39-51-43(47)35-33-31-29-27-25-23-21-18-16-14-12-10-8-6-4-2/h7,9,13,15,19-20,24,26,29,31,33,35,41-42,45-46H,3-6,8,10-12,14,16-18,21-23,25,27-28,30,32,34,36-40H2,1-2H3,(H,49,50)/b9-7+,15-13+,20-19+,26-24+,31-29+,35-33+/t41-,42+/m0/s1. The van der Waals surface area contributed by atoms with E-state index in [0.717, 1.165) is 57.8 Å². The first kappa shape index (κ1) is 52.4. The molecular formula is C44H75O10P. The van der Waals surface area contributed by atoms with Gasteiger partial charge in [0.2, 0.25) is 0 Å². The maximum atomic E-state index is 12.6. The summed E-state index contributed by atoms with van der Waals surface area (Å²) >= 11 is 0. The van der Waals surface area contributed by atoms with Gasteiger partial charge in [-0.15, -0.1) is 0 Å². The molecule has 0 heterocycles. The Morgan fingerprint density at radius 1 is 0.600 bits per heavy atom. The first-order valence-electron chi connectivity index (χ1n) is 20.9. The van der Waals surface area contributed by atoms with Crippen LogP contribution < -0.4 is 0 Å². The zero-order chi connectivity index (χ0) is 40.5. The summed E-state index contributed by atoms with van der Waals surface area (Å²) < 4.78 is 32.4. The number of hydrogen-bond donors (Lipinski definition) is 3. The first-order valence-corrected chi connectivity index (χ1v) is 22.4. The molecule has 0 aliphatic carbocycles. The molecule has 0 aliphatic rings. The van der Waals surface area contributed by atoms with Gasteiger partial charge in [-0.2, -0.15) is 0 Å². The second-order valence-corrected chi connectivity index (χ2v) is 15.2. The fourth-order valence-corrected chi connectivity index (χ4v) is 5.98. The minimum Gasteiger partial charge on any atom is -0.458 e. The Hall–Kier alpha value is -2.59. The van der Waals surface area contributed by atoms with Gasteiger partial charge in [-0.1, -0.05) is 158 Å². The summed E-state index contributed by atoms with van der Waals surface area (Å²) in [5.41, 5.74) is 0. The monoisotopic (exact) mass is 795 g/mol. The Balaban J connectivity index is 4.50. The highest BCUT2D eigenvalue weighted by atomic mass is 31.2. The van der Waals surface area contributed by atoms with Crippen LogP contribution in [0, 0.1) is 0 Å². The molecule has 0 aliphatic heterocycles. The average Bonchev–Trinajstić information content (AvgIpc) is 3.17. The number of phosphoric acid groups is 1. The van der Waals surface area contributed by atoms with Gasteiger partial charge < -0.3 is 24.6 Å². The zero-order valence-electron chi connectivity index (χ0n) is 34.1. The van der Waals surface area contributed by atoms with Gasteiger partial charge in [0.25, 0.3) is 0 Å². The molecule has 3 atom stereocenters. The van der Waals surface area contributed by atoms with Crippen LogP contribution in [0.1, 0.15) is 155 Å². The Labute approximate surface area is 333 Å². The average molecular weight is 795 g/mol. The van der Waals surface area contributed by atoms with Crippen LogP contribution in [0.15, 0.2) is 72.9 Å². The van der Waals surface area contributed by atoms with Crippen LogP contribution in [-0.4, -0.2) is 65.7 Å². The van der Waals surface area contributed by atoms with Crippen LogP contribution in [0.5, 0.6) is 0 Å². The van der Waals surface area contributed by atoms with Crippen molar-refractivity contribution in [3.8, 4) is 0 Å². The molecule has 0 spiro atoms. The van der Waals surface area contributed by atoms with E-state index in [1.165, 1.54) is 76.7 Å². The molecule has 0 aromatic rings. The predicted molar refractivity (Wildman–Crippen MR) is 223 cm³/mol. The van der Waals surface area contributed by atoms with Crippen molar-refractivity contribution in [2.75, 3.05) is 26.4 Å². The van der Waals surface area contributed by atoms with E-state index in [2.05, 4.69) is 67.0 Å². The van der Waals surface area contributed by atoms with Gasteiger partial charge in [-0.25, -0.2) is 9.36 Å². The van der Waals surface area contributed by atoms with Gasteiger partial charge in [-0.05, 0) is 57.8 Å². The van der Waals surface area contributed by atoms with Crippen LogP contribution in [0.4, 0.5) is 0 Å². The molecule has 316 valence electrons. The predicted octanol–water partition coefficient (Wildman–Crippen LogP) is 10.9. The summed E-state index contributed by atoms with van der Waals surface area (Å²) in [4.78, 5) is 34.8. The van der Waals surface area contributed by atoms with Gasteiger partial charge in [0, 0.05) is 12.5 Å². The van der Waals surface area contributed by atoms with Crippen molar-refractivity contribution in [2.24, 2.45) is 0 Å². The van der Waals surface area contributed by atoms with Crippen molar-refractivity contribution in [3.05, 3.63) is 72.9 Å². The van der Waals surface area contributed by atoms with Crippen molar-refractivity contribution >= 4 is 19.8 Å². The summed E-state index contributed by atoms with van der Waals surface area (Å²) in [6.45, 7) is 2.13. The number of unbranched alkanes of at least 4 members (excludes halogenated alkanes) is 15. The zero-order valence-corrected chi connectivity index (χ0v) is 35.0. The Kier molecular flexibility index (Phi) is 37.8. The molecule has 0 saturated carbocycles. The van der Waals surface area contributed by atoms with Crippen molar-refractivity contribution < 1.29 is 47.8 Å². The molecule has 0 rings (SSSR count). The summed E-state index contributed by atoms with van der Waals surface area (Å²) in [6.07, 6.45) is 45.0. The van der Waals surface area contributed by atoms with Gasteiger partial charge in [0.05, 0.1) is 19.8 Å². The maximum absolute atomic E-state index is 12.6. The van der Waals surface area contributed by atoms with Crippen LogP contribution >= 0.6 is 7.82 Å². The molecule has 0 radical (unpaired) electrons. The third-order valence-corrected chi connectivity index (χ3v) is 9.37. The molecule has 1 unspecified atom stereocenters. The van der Waals surface area contributed by atoms with Gasteiger partial charge >= 0.3 is 19.8 Å². The molecule has 11 heteroatoms. The van der Waals surface area contributed by atoms with E-state index in [1.54, 1.807) is 12.2 Å². The minimum absolute atomic E-state index is 0.124. The van der Waals surface area contributed by atoms with Crippen molar-refractivity contribution in [3.63, 3.8) is 0 Å². The lowest BCUT2D eigenvalue weighted by molar-refractivity contribution is -0.159. The number of carbonyl (C=O) groups excluding carboxylic acids is 2. The van der Waals surface area contributed by atoms with E-state index >= 15 is 0 Å². The van der Waals surface area contributed by atoms with E-state index in [1.807, 2.05) is 6.08 Å². The Morgan fingerprint density at radius 2 is 1.11 bits per heavy atom. The highest BCUT2D eigenvalue weighted by Crippen LogP contribution is 2.43. The van der Waals surface area contributed by atoms with Crippen molar-refractivity contribution in [2.45, 2.75) is 167 Å². The summed E-state index contributed by atoms with van der Waals surface area (Å²) in [6, 6.07) is 0. The molecule has 0 bridgehead atoms. The lowest BCUT2D eigenvalue weighted by Crippen LogP contribution is -2.29. The van der Waals surface area contributed by atoms with E-state index in [-0.39, 0.29) is 6.42 Å². The van der Waals surface area contributed by atoms with Crippen molar-refractivity contribution in [1.82, 2.24) is 0 Å². The van der Waals surface area contributed by atoms with Crippen molar-refractivity contribution in [1.29, 1.82) is 0 Å². The summed E-state index contributed by atoms with van der Waals surface area (Å²) in [5, 5.41) is 18.3. The van der Waals surface area contributed by atoms with Gasteiger partial charge in [0.1, 0.15) is 12.7 Å². The maximum Gasteiger partial charge on any atom is 0.472 e. The molecule has 0 saturated heterocycles. The number of phosphoric ester groups is 1. The fraction of sp³-hybridized carbons (Fsp3) is 0.682. The molecule has 55 heavy (non-hydrogen) atoms. The highest BCUT2D eigenvalue weighted by molar-refractivity contribution is 7.47. The number of ether oxygens (including phenoxy) is 2. The smallest absolute Gasteiger partial charge is 0.458 e. The van der Waals surface area contributed by atoms with Crippen LogP contribution in [0.25, 0.3) is 0 Å². The molecule has 3 N–H and O–H groups in total. The number of hydrogen-bond acceptors (Lipinski definition) is 9. The first-order chi connectivity index (χ1) is 26.7. The van der Waals surface area contributed by atoms with E-state index < -0.39 is 58.4 Å². The lowest BCUT2D eigenvalue weighted by Gasteiger charge is -2.20. The number of allylic oxidation sites excluding steroid dienone is 11. The summed E-state index contributed by atoms with van der Waals surface area (Å²) in [5.74, 6) is -1.22. The van der Waals surface area contributed by atoms with Gasteiger partial charge in [-0.3, -0.25) is 13.8 Å². The largest absolute Gasteiger partial charge is 0.472 e. The van der Waals surface area contributed by atoms with Gasteiger partial charge in [0.15, 0.2) is 6.10 Å². The van der Waals surface area contributed by atoms with Crippen LogP contribution in [-0.2, 0) is 32.7 Å². The third-order valence-electron chi connectivity index (χ3n) is 8.42. The number of aliphatic hydroxyl groups excluding tert-OH is 2. The molecule has 10 nitrogen and oxygen atoms in total. The van der Waals surface area contributed by atoms with Crippen LogP contribution in [0.3, 0.4) is 0 Å². The van der Waals surface area contributed by atoms with E-state index in [0.29, 0.717) is 6.42 Å². The lowest BCUT2D eigenvalue weighted by atomic mass is 10.1. The van der Waals surface area contributed by atoms with E-state index in [9.17, 15) is 24.2 Å². The molecule has 0 aromatic carbocycles. The number of rotatable bonds is 38. The second-order valence-electron chi connectivity index (χ2n) is 13.7. The number of carbonyl (C=O) groups is 2. The Morgan fingerprint density at radius 3 is 1.69 bits per heavy atom. The highest BCUT2D eigenvalue weighted by Gasteiger charge is 2.27. The SMILES string of the molecule is CCC/C=C/C/C=C/C/C=C/C/C=C/CCCCCC(=O)O[C@H](COC(=O)/C=C/C=C/CCCCCCCCCCCCC)COP(=O)(O)OC[C@@H](O)CO. The minimum atomic E-state index is -4.65. The topological polar surface area (TPSA) is 149 Å².